The standard InChI is InChI=1S/C23H27N3O5/c1-4-26-13-18(31-20-8-6-5-7-19(20)26)12-25(3)23(27)14-30-24-16(2)17-9-10-21-22(11-17)29-15-28-21/h5-11,18H,4,12-15H2,1-3H3/b24-16-/t18-/m0/s1. The normalized spacial score (nSPS) is 17.1. The Bertz CT molecular complexity index is 977. The molecule has 0 N–H and O–H groups in total. The Morgan fingerprint density at radius 1 is 1.19 bits per heavy atom. The third-order valence-corrected chi connectivity index (χ3v) is 5.39. The van der Waals surface area contributed by atoms with Crippen molar-refractivity contribution in [3.63, 3.8) is 0 Å². The number of hydrogen-bond acceptors (Lipinski definition) is 7. The predicted molar refractivity (Wildman–Crippen MR) is 117 cm³/mol. The second kappa shape index (κ2) is 9.16. The summed E-state index contributed by atoms with van der Waals surface area (Å²) in [6.45, 7) is 6.09. The highest BCUT2D eigenvalue weighted by molar-refractivity contribution is 5.99. The van der Waals surface area contributed by atoms with Crippen LogP contribution in [0.3, 0.4) is 0 Å². The fourth-order valence-electron chi connectivity index (χ4n) is 3.65. The lowest BCUT2D eigenvalue weighted by molar-refractivity contribution is -0.135. The molecule has 31 heavy (non-hydrogen) atoms. The number of fused-ring (bicyclic) bond motifs is 2. The zero-order chi connectivity index (χ0) is 21.8. The van der Waals surface area contributed by atoms with Crippen LogP contribution in [0.15, 0.2) is 47.6 Å². The number of benzene rings is 2. The third kappa shape index (κ3) is 4.68. The molecule has 0 unspecified atom stereocenters. The number of rotatable bonds is 7. The van der Waals surface area contributed by atoms with Crippen LogP contribution in [0.2, 0.25) is 0 Å². The van der Waals surface area contributed by atoms with Crippen molar-refractivity contribution in [1.29, 1.82) is 0 Å². The van der Waals surface area contributed by atoms with Crippen LogP contribution >= 0.6 is 0 Å². The van der Waals surface area contributed by atoms with Crippen molar-refractivity contribution in [1.82, 2.24) is 4.90 Å². The number of carbonyl (C=O) groups is 1. The number of nitrogens with zero attached hydrogens (tertiary/aromatic N) is 3. The topological polar surface area (TPSA) is 72.8 Å². The lowest BCUT2D eigenvalue weighted by Crippen LogP contribution is -2.47. The van der Waals surface area contributed by atoms with Gasteiger partial charge in [-0.25, -0.2) is 0 Å². The van der Waals surface area contributed by atoms with Gasteiger partial charge in [0.25, 0.3) is 5.91 Å². The molecule has 2 heterocycles. The minimum Gasteiger partial charge on any atom is -0.485 e. The van der Waals surface area contributed by atoms with Gasteiger partial charge < -0.3 is 28.8 Å². The molecule has 164 valence electrons. The van der Waals surface area contributed by atoms with E-state index < -0.39 is 0 Å². The van der Waals surface area contributed by atoms with Crippen LogP contribution in [0.25, 0.3) is 0 Å². The Hall–Kier alpha value is -3.42. The van der Waals surface area contributed by atoms with Crippen LogP contribution in [-0.4, -0.2) is 62.7 Å². The molecule has 0 saturated carbocycles. The van der Waals surface area contributed by atoms with Crippen molar-refractivity contribution in [2.75, 3.05) is 45.0 Å². The number of anilines is 1. The fraction of sp³-hybridized carbons (Fsp3) is 0.391. The van der Waals surface area contributed by atoms with E-state index in [-0.39, 0.29) is 25.4 Å². The molecular formula is C23H27N3O5. The molecule has 1 amide bonds. The Morgan fingerprint density at radius 2 is 2.00 bits per heavy atom. The maximum Gasteiger partial charge on any atom is 0.263 e. The minimum atomic E-state index is -0.159. The average Bonchev–Trinajstić information content (AvgIpc) is 3.26. The Labute approximate surface area is 181 Å². The van der Waals surface area contributed by atoms with Gasteiger partial charge in [-0.2, -0.15) is 0 Å². The number of para-hydroxylation sites is 2. The van der Waals surface area contributed by atoms with Crippen LogP contribution in [0.5, 0.6) is 17.2 Å². The Balaban J connectivity index is 1.29. The van der Waals surface area contributed by atoms with E-state index in [0.29, 0.717) is 23.8 Å². The van der Waals surface area contributed by atoms with Gasteiger partial charge in [0, 0.05) is 19.2 Å². The van der Waals surface area contributed by atoms with Gasteiger partial charge in [-0.1, -0.05) is 17.3 Å². The molecule has 2 aliphatic rings. The van der Waals surface area contributed by atoms with Crippen LogP contribution in [0.4, 0.5) is 5.69 Å². The summed E-state index contributed by atoms with van der Waals surface area (Å²) < 4.78 is 16.8. The summed E-state index contributed by atoms with van der Waals surface area (Å²) in [4.78, 5) is 21.7. The molecule has 1 atom stereocenters. The first-order valence-electron chi connectivity index (χ1n) is 10.4. The van der Waals surface area contributed by atoms with Crippen molar-refractivity contribution in [3.05, 3.63) is 48.0 Å². The molecule has 0 spiro atoms. The van der Waals surface area contributed by atoms with Crippen LogP contribution in [0.1, 0.15) is 19.4 Å². The minimum absolute atomic E-state index is 0.109. The fourth-order valence-corrected chi connectivity index (χ4v) is 3.65. The van der Waals surface area contributed by atoms with Gasteiger partial charge in [0.2, 0.25) is 6.79 Å². The number of amides is 1. The predicted octanol–water partition coefficient (Wildman–Crippen LogP) is 2.90. The van der Waals surface area contributed by atoms with Crippen molar-refractivity contribution in [3.8, 4) is 17.2 Å². The molecule has 8 nitrogen and oxygen atoms in total. The van der Waals surface area contributed by atoms with Gasteiger partial charge in [0.15, 0.2) is 18.1 Å². The molecule has 8 heteroatoms. The maximum atomic E-state index is 12.5. The lowest BCUT2D eigenvalue weighted by Gasteiger charge is -2.37. The smallest absolute Gasteiger partial charge is 0.263 e. The van der Waals surface area contributed by atoms with Crippen LogP contribution in [-0.2, 0) is 9.63 Å². The van der Waals surface area contributed by atoms with E-state index in [1.807, 2.05) is 43.3 Å². The van der Waals surface area contributed by atoms with Gasteiger partial charge in [0.1, 0.15) is 11.9 Å². The van der Waals surface area contributed by atoms with Crippen LogP contribution < -0.4 is 19.1 Å². The van der Waals surface area contributed by atoms with Crippen molar-refractivity contribution >= 4 is 17.3 Å². The molecule has 0 aromatic heterocycles. The highest BCUT2D eigenvalue weighted by atomic mass is 16.7. The van der Waals surface area contributed by atoms with Gasteiger partial charge in [-0.15, -0.1) is 0 Å². The van der Waals surface area contributed by atoms with Crippen molar-refractivity contribution in [2.45, 2.75) is 20.0 Å². The summed E-state index contributed by atoms with van der Waals surface area (Å²) in [5.74, 6) is 2.08. The largest absolute Gasteiger partial charge is 0.485 e. The summed E-state index contributed by atoms with van der Waals surface area (Å²) >= 11 is 0. The van der Waals surface area contributed by atoms with E-state index >= 15 is 0 Å². The second-order valence-electron chi connectivity index (χ2n) is 7.54. The summed E-state index contributed by atoms with van der Waals surface area (Å²) in [5, 5.41) is 4.08. The van der Waals surface area contributed by atoms with E-state index in [0.717, 1.165) is 30.1 Å². The highest BCUT2D eigenvalue weighted by Gasteiger charge is 2.26. The lowest BCUT2D eigenvalue weighted by atomic mass is 10.1. The van der Waals surface area contributed by atoms with E-state index in [4.69, 9.17) is 19.0 Å². The molecule has 0 aliphatic carbocycles. The van der Waals surface area contributed by atoms with E-state index in [1.54, 1.807) is 11.9 Å². The average molecular weight is 425 g/mol. The molecule has 0 bridgehead atoms. The summed E-state index contributed by atoms with van der Waals surface area (Å²) in [7, 11) is 1.75. The van der Waals surface area contributed by atoms with Crippen molar-refractivity contribution in [2.24, 2.45) is 5.16 Å². The molecule has 2 aromatic rings. The third-order valence-electron chi connectivity index (χ3n) is 5.39. The van der Waals surface area contributed by atoms with Gasteiger partial charge in [-0.05, 0) is 44.2 Å². The Morgan fingerprint density at radius 3 is 2.84 bits per heavy atom. The molecule has 0 radical (unpaired) electrons. The number of likely N-dealkylation sites (N-methyl/N-ethyl adjacent to an activating group) is 2. The number of oxime groups is 1. The van der Waals surface area contributed by atoms with Crippen LogP contribution in [0, 0.1) is 0 Å². The van der Waals surface area contributed by atoms with Crippen molar-refractivity contribution < 1.29 is 23.8 Å². The molecular weight excluding hydrogens is 398 g/mol. The Kier molecular flexibility index (Phi) is 6.16. The van der Waals surface area contributed by atoms with E-state index in [9.17, 15) is 4.79 Å². The first-order chi connectivity index (χ1) is 15.0. The zero-order valence-electron chi connectivity index (χ0n) is 18.0. The maximum absolute atomic E-state index is 12.5. The molecule has 0 fully saturated rings. The number of hydrogen-bond donors (Lipinski definition) is 0. The summed E-state index contributed by atoms with van der Waals surface area (Å²) in [6.07, 6.45) is -0.109. The van der Waals surface area contributed by atoms with Gasteiger partial charge in [0.05, 0.1) is 24.5 Å². The number of ether oxygens (including phenoxy) is 3. The van der Waals surface area contributed by atoms with E-state index in [2.05, 4.69) is 23.0 Å². The first kappa shape index (κ1) is 20.8. The highest BCUT2D eigenvalue weighted by Crippen LogP contribution is 2.33. The first-order valence-corrected chi connectivity index (χ1v) is 10.4. The summed E-state index contributed by atoms with van der Waals surface area (Å²) in [5.41, 5.74) is 2.59. The second-order valence-corrected chi connectivity index (χ2v) is 7.54. The molecule has 2 aliphatic heterocycles. The van der Waals surface area contributed by atoms with E-state index in [1.165, 1.54) is 0 Å². The number of carbonyl (C=O) groups excluding carboxylic acids is 1. The quantitative estimate of drug-likeness (QED) is 0.502. The monoisotopic (exact) mass is 425 g/mol. The molecule has 2 aromatic carbocycles. The molecule has 4 rings (SSSR count). The van der Waals surface area contributed by atoms with Gasteiger partial charge in [-0.3, -0.25) is 4.79 Å². The molecule has 0 saturated heterocycles. The zero-order valence-corrected chi connectivity index (χ0v) is 18.0. The van der Waals surface area contributed by atoms with Gasteiger partial charge >= 0.3 is 0 Å². The summed E-state index contributed by atoms with van der Waals surface area (Å²) in [6, 6.07) is 13.5. The SMILES string of the molecule is CCN1C[C@H](CN(C)C(=O)CO/N=C(/C)c2ccc3c(c2)OCO3)Oc2ccccc21.